The van der Waals surface area contributed by atoms with Crippen molar-refractivity contribution in [1.82, 2.24) is 0 Å². The van der Waals surface area contributed by atoms with Gasteiger partial charge < -0.3 is 45.0 Å². The maximum Gasteiger partial charge on any atom is 0.472 e. The van der Waals surface area contributed by atoms with Crippen molar-refractivity contribution < 1.29 is 68.2 Å². The molecule has 1 fully saturated rings. The molecule has 0 saturated heterocycles. The Morgan fingerprint density at radius 2 is 1.03 bits per heavy atom. The number of hydrogen-bond donors (Lipinski definition) is 7. The Hall–Kier alpha value is -2.75. The third-order valence-corrected chi connectivity index (χ3v) is 11.6. The first kappa shape index (κ1) is 59.3. The van der Waals surface area contributed by atoms with Gasteiger partial charge in [0.15, 0.2) is 6.10 Å². The number of carbonyl (C=O) groups excluding carboxylic acids is 2. The molecule has 0 radical (unpaired) electrons. The highest BCUT2D eigenvalue weighted by Gasteiger charge is 2.51. The molecule has 1 aliphatic rings. The van der Waals surface area contributed by atoms with Gasteiger partial charge in [-0.05, 0) is 77.0 Å². The molecule has 0 aromatic carbocycles. The molecule has 368 valence electrons. The lowest BCUT2D eigenvalue weighted by atomic mass is 9.85. The number of phosphoric ester groups is 1. The minimum absolute atomic E-state index is 0.114. The zero-order valence-corrected chi connectivity index (χ0v) is 39.6. The van der Waals surface area contributed by atoms with Crippen LogP contribution >= 0.6 is 7.82 Å². The Morgan fingerprint density at radius 3 is 1.59 bits per heavy atom. The van der Waals surface area contributed by atoms with Crippen molar-refractivity contribution in [2.45, 2.75) is 210 Å². The lowest BCUT2D eigenvalue weighted by molar-refractivity contribution is -0.220. The van der Waals surface area contributed by atoms with Gasteiger partial charge >= 0.3 is 19.8 Å². The van der Waals surface area contributed by atoms with Crippen LogP contribution < -0.4 is 0 Å². The van der Waals surface area contributed by atoms with E-state index in [0.29, 0.717) is 6.42 Å². The van der Waals surface area contributed by atoms with Gasteiger partial charge in [-0.1, -0.05) is 145 Å². The summed E-state index contributed by atoms with van der Waals surface area (Å²) in [5.74, 6) is -1.32. The molecule has 1 aliphatic carbocycles. The van der Waals surface area contributed by atoms with Crippen molar-refractivity contribution in [3.8, 4) is 0 Å². The van der Waals surface area contributed by atoms with Crippen molar-refractivity contribution in [3.63, 3.8) is 0 Å². The second-order valence-corrected chi connectivity index (χ2v) is 17.9. The topological polar surface area (TPSA) is 230 Å². The molecular weight excluding hydrogens is 843 g/mol. The SMILES string of the molecule is CCCCC/C=C\C/C=C\C/C=C\C=C\[C@H](O)CCCC(=O)O[C@H](COC(=O)CCCCCCCCC/C=C\C/C=C\CCCCC)COP(=O)(O)OC1[C@H](O)[C@H](O)C(O)[C@H](O)[C@H]1O. The second kappa shape index (κ2) is 38.4. The number of allylic oxidation sites excluding steroid dienone is 11. The third kappa shape index (κ3) is 30.5. The minimum atomic E-state index is -5.18. The van der Waals surface area contributed by atoms with Crippen LogP contribution in [0.4, 0.5) is 0 Å². The summed E-state index contributed by atoms with van der Waals surface area (Å²) < 4.78 is 33.4. The second-order valence-electron chi connectivity index (χ2n) is 16.5. The fourth-order valence-electron chi connectivity index (χ4n) is 6.71. The molecule has 0 spiro atoms. The van der Waals surface area contributed by atoms with Crippen LogP contribution in [0.5, 0.6) is 0 Å². The third-order valence-electron chi connectivity index (χ3n) is 10.6. The maximum absolute atomic E-state index is 12.8. The number of hydrogen-bond acceptors (Lipinski definition) is 13. The van der Waals surface area contributed by atoms with Crippen LogP contribution in [0.25, 0.3) is 0 Å². The number of phosphoric acid groups is 1. The fraction of sp³-hybridized carbons (Fsp3) is 0.714. The zero-order valence-electron chi connectivity index (χ0n) is 38.7. The van der Waals surface area contributed by atoms with E-state index in [2.05, 4.69) is 62.5 Å². The van der Waals surface area contributed by atoms with Crippen molar-refractivity contribution in [2.24, 2.45) is 0 Å². The van der Waals surface area contributed by atoms with Crippen molar-refractivity contribution in [1.29, 1.82) is 0 Å². The molecular formula is C49H83O14P. The molecule has 0 aliphatic heterocycles. The molecule has 3 unspecified atom stereocenters. The predicted molar refractivity (Wildman–Crippen MR) is 250 cm³/mol. The van der Waals surface area contributed by atoms with Crippen LogP contribution in [-0.2, 0) is 32.7 Å². The molecule has 0 amide bonds. The molecule has 0 aromatic heterocycles. The van der Waals surface area contributed by atoms with Gasteiger partial charge in [-0.2, -0.15) is 0 Å². The van der Waals surface area contributed by atoms with Crippen LogP contribution in [0.1, 0.15) is 162 Å². The molecule has 15 heteroatoms. The summed E-state index contributed by atoms with van der Waals surface area (Å²) in [6, 6.07) is 0. The lowest BCUT2D eigenvalue weighted by Gasteiger charge is -2.41. The highest BCUT2D eigenvalue weighted by molar-refractivity contribution is 7.47. The molecule has 0 aromatic rings. The first-order valence-electron chi connectivity index (χ1n) is 23.8. The van der Waals surface area contributed by atoms with Gasteiger partial charge in [-0.25, -0.2) is 4.57 Å². The Labute approximate surface area is 383 Å². The summed E-state index contributed by atoms with van der Waals surface area (Å²) >= 11 is 0. The van der Waals surface area contributed by atoms with Crippen molar-refractivity contribution in [3.05, 3.63) is 72.9 Å². The van der Waals surface area contributed by atoms with Crippen molar-refractivity contribution in [2.75, 3.05) is 13.2 Å². The number of unbranched alkanes of at least 4 members (excludes halogenated alkanes) is 13. The Bertz CT molecular complexity index is 1410. The average molecular weight is 927 g/mol. The Morgan fingerprint density at radius 1 is 0.562 bits per heavy atom. The molecule has 64 heavy (non-hydrogen) atoms. The summed E-state index contributed by atoms with van der Waals surface area (Å²) in [7, 11) is -5.18. The molecule has 1 rings (SSSR count). The highest BCUT2D eigenvalue weighted by atomic mass is 31.2. The number of rotatable bonds is 38. The number of aliphatic hydroxyl groups excluding tert-OH is 6. The Balaban J connectivity index is 2.55. The molecule has 7 N–H and O–H groups in total. The van der Waals surface area contributed by atoms with Crippen LogP contribution in [0, 0.1) is 0 Å². The number of aliphatic hydroxyl groups is 6. The standard InChI is InChI=1S/C49H83O14P/c1-3-5-7-9-11-13-15-17-18-19-20-22-24-26-28-30-32-36-42(51)60-38-41(39-61-64(58,59)63-49-47(56)45(54)44(53)46(55)48(49)57)62-43(52)37-33-35-40(50)34-31-29-27-25-23-21-16-14-12-10-8-6-4-2/h11-14,17-18,21,23,27,29,31,34,40-41,44-50,53-57H,3-10,15-16,19-20,22,24-26,28,30,32-33,35-39H2,1-2H3,(H,58,59)/b13-11-,14-12-,18-17-,23-21-,29-27-,34-31+/t40-,41+,44?,45-,46+,47+,48+,49?/m0/s1. The normalized spacial score (nSPS) is 22.7. The average Bonchev–Trinajstić information content (AvgIpc) is 3.27. The van der Waals surface area contributed by atoms with E-state index in [-0.39, 0.29) is 25.7 Å². The van der Waals surface area contributed by atoms with Gasteiger partial charge in [0.1, 0.15) is 43.2 Å². The molecule has 0 heterocycles. The summed E-state index contributed by atoms with van der Waals surface area (Å²) in [6.07, 6.45) is 31.1. The van der Waals surface area contributed by atoms with Gasteiger partial charge in [-0.3, -0.25) is 18.6 Å². The van der Waals surface area contributed by atoms with Crippen LogP contribution in [0.2, 0.25) is 0 Å². The largest absolute Gasteiger partial charge is 0.472 e. The van der Waals surface area contributed by atoms with E-state index in [9.17, 15) is 49.7 Å². The van der Waals surface area contributed by atoms with E-state index in [0.717, 1.165) is 77.0 Å². The maximum atomic E-state index is 12.8. The van der Waals surface area contributed by atoms with Gasteiger partial charge in [-0.15, -0.1) is 0 Å². The van der Waals surface area contributed by atoms with E-state index in [1.807, 2.05) is 12.2 Å². The van der Waals surface area contributed by atoms with Gasteiger partial charge in [0.05, 0.1) is 12.7 Å². The van der Waals surface area contributed by atoms with E-state index in [4.69, 9.17) is 18.5 Å². The molecule has 0 bridgehead atoms. The number of esters is 2. The van der Waals surface area contributed by atoms with Gasteiger partial charge in [0.2, 0.25) is 0 Å². The summed E-state index contributed by atoms with van der Waals surface area (Å²) in [4.78, 5) is 35.8. The monoisotopic (exact) mass is 927 g/mol. The molecule has 1 saturated carbocycles. The number of carbonyl (C=O) groups is 2. The summed E-state index contributed by atoms with van der Waals surface area (Å²) in [6.45, 7) is 3.07. The quantitative estimate of drug-likeness (QED) is 0.0101. The van der Waals surface area contributed by atoms with Gasteiger partial charge in [0, 0.05) is 12.8 Å². The minimum Gasteiger partial charge on any atom is -0.462 e. The van der Waals surface area contributed by atoms with E-state index in [1.165, 1.54) is 38.5 Å². The van der Waals surface area contributed by atoms with Gasteiger partial charge in [0.25, 0.3) is 0 Å². The lowest BCUT2D eigenvalue weighted by Crippen LogP contribution is -2.64. The summed E-state index contributed by atoms with van der Waals surface area (Å²) in [5, 5.41) is 60.5. The van der Waals surface area contributed by atoms with Crippen LogP contribution in [0.3, 0.4) is 0 Å². The fourth-order valence-corrected chi connectivity index (χ4v) is 7.69. The zero-order chi connectivity index (χ0) is 47.3. The first-order valence-corrected chi connectivity index (χ1v) is 25.3. The number of ether oxygens (including phenoxy) is 2. The van der Waals surface area contributed by atoms with Crippen molar-refractivity contribution >= 4 is 19.8 Å². The van der Waals surface area contributed by atoms with Crippen LogP contribution in [-0.4, -0.2) is 110 Å². The predicted octanol–water partition coefficient (Wildman–Crippen LogP) is 8.47. The molecule has 14 nitrogen and oxygen atoms in total. The van der Waals surface area contributed by atoms with Crippen LogP contribution in [0.15, 0.2) is 72.9 Å². The smallest absolute Gasteiger partial charge is 0.462 e. The molecule has 9 atom stereocenters. The van der Waals surface area contributed by atoms with E-state index in [1.54, 1.807) is 12.2 Å². The van der Waals surface area contributed by atoms with E-state index < -0.39 is 81.8 Å². The summed E-state index contributed by atoms with van der Waals surface area (Å²) in [5.41, 5.74) is 0. The first-order chi connectivity index (χ1) is 30.8. The Kier molecular flexibility index (Phi) is 35.5. The highest BCUT2D eigenvalue weighted by Crippen LogP contribution is 2.47. The van der Waals surface area contributed by atoms with E-state index >= 15 is 0 Å².